The highest BCUT2D eigenvalue weighted by Gasteiger charge is 2.05. The van der Waals surface area contributed by atoms with Gasteiger partial charge in [-0.25, -0.2) is 0 Å². The van der Waals surface area contributed by atoms with Gasteiger partial charge in [0, 0.05) is 11.1 Å². The van der Waals surface area contributed by atoms with Crippen molar-refractivity contribution in [3.63, 3.8) is 0 Å². The molecule has 2 aromatic carbocycles. The summed E-state index contributed by atoms with van der Waals surface area (Å²) in [5.41, 5.74) is 2.83. The van der Waals surface area contributed by atoms with Crippen LogP contribution in [0.3, 0.4) is 0 Å². The molecule has 0 saturated carbocycles. The third-order valence-corrected chi connectivity index (χ3v) is 3.74. The lowest BCUT2D eigenvalue weighted by molar-refractivity contribution is 0.104. The van der Waals surface area contributed by atoms with Crippen molar-refractivity contribution in [1.29, 1.82) is 0 Å². The minimum absolute atomic E-state index is 0.0778. The van der Waals surface area contributed by atoms with Gasteiger partial charge in [-0.1, -0.05) is 29.8 Å². The predicted molar refractivity (Wildman–Crippen MR) is 95.2 cm³/mol. The third-order valence-electron chi connectivity index (χ3n) is 3.74. The Morgan fingerprint density at radius 2 is 1.67 bits per heavy atom. The first-order valence-electron chi connectivity index (χ1n) is 7.69. The van der Waals surface area contributed by atoms with E-state index in [-0.39, 0.29) is 5.78 Å². The summed E-state index contributed by atoms with van der Waals surface area (Å²) < 4.78 is 10.9. The largest absolute Gasteiger partial charge is 0.497 e. The number of rotatable bonds is 5. The van der Waals surface area contributed by atoms with E-state index in [2.05, 4.69) is 0 Å². The average Bonchev–Trinajstić information content (AvgIpc) is 3.09. The lowest BCUT2D eigenvalue weighted by Crippen LogP contribution is -1.93. The maximum atomic E-state index is 12.2. The van der Waals surface area contributed by atoms with E-state index < -0.39 is 0 Å². The van der Waals surface area contributed by atoms with Crippen molar-refractivity contribution in [2.75, 3.05) is 7.11 Å². The minimum atomic E-state index is -0.0778. The van der Waals surface area contributed by atoms with E-state index in [1.807, 2.05) is 43.3 Å². The number of ether oxygens (including phenoxy) is 1. The van der Waals surface area contributed by atoms with E-state index in [1.54, 1.807) is 37.5 Å². The van der Waals surface area contributed by atoms with Crippen molar-refractivity contribution in [3.8, 4) is 17.1 Å². The van der Waals surface area contributed by atoms with Crippen LogP contribution in [0.2, 0.25) is 0 Å². The van der Waals surface area contributed by atoms with Crippen LogP contribution < -0.4 is 4.74 Å². The molecule has 120 valence electrons. The van der Waals surface area contributed by atoms with E-state index in [9.17, 15) is 4.79 Å². The Balaban J connectivity index is 1.72. The van der Waals surface area contributed by atoms with Gasteiger partial charge >= 0.3 is 0 Å². The molecule has 1 aromatic heterocycles. The number of benzene rings is 2. The first-order valence-corrected chi connectivity index (χ1v) is 7.69. The summed E-state index contributed by atoms with van der Waals surface area (Å²) in [6.45, 7) is 2.05. The molecule has 0 aliphatic carbocycles. The van der Waals surface area contributed by atoms with Crippen molar-refractivity contribution in [3.05, 3.63) is 83.6 Å². The predicted octanol–water partition coefficient (Wildman–Crippen LogP) is 5.16. The van der Waals surface area contributed by atoms with Crippen LogP contribution >= 0.6 is 0 Å². The molecule has 0 bridgehead atoms. The third kappa shape index (κ3) is 3.63. The molecule has 0 aliphatic rings. The van der Waals surface area contributed by atoms with Crippen LogP contribution in [0, 0.1) is 6.92 Å². The molecular weight excluding hydrogens is 300 g/mol. The van der Waals surface area contributed by atoms with E-state index in [0.29, 0.717) is 11.3 Å². The zero-order valence-electron chi connectivity index (χ0n) is 13.7. The van der Waals surface area contributed by atoms with Gasteiger partial charge in [0.05, 0.1) is 7.11 Å². The van der Waals surface area contributed by atoms with Crippen molar-refractivity contribution < 1.29 is 13.9 Å². The molecule has 1 heterocycles. The van der Waals surface area contributed by atoms with Gasteiger partial charge < -0.3 is 9.15 Å². The summed E-state index contributed by atoms with van der Waals surface area (Å²) in [4.78, 5) is 12.2. The number of furan rings is 1. The standard InChI is InChI=1S/C21H18O3/c1-15-3-5-17(6-4-15)21-14-12-19(24-21)11-13-20(22)16-7-9-18(23-2)10-8-16/h3-14H,1-2H3. The van der Waals surface area contributed by atoms with Crippen molar-refractivity contribution in [2.24, 2.45) is 0 Å². The van der Waals surface area contributed by atoms with Crippen LogP contribution in [0.25, 0.3) is 17.4 Å². The monoisotopic (exact) mass is 318 g/mol. The zero-order chi connectivity index (χ0) is 16.9. The minimum Gasteiger partial charge on any atom is -0.497 e. The van der Waals surface area contributed by atoms with Gasteiger partial charge in [0.1, 0.15) is 17.3 Å². The first-order chi connectivity index (χ1) is 11.7. The fourth-order valence-electron chi connectivity index (χ4n) is 2.32. The number of methoxy groups -OCH3 is 1. The number of carbonyl (C=O) groups excluding carboxylic acids is 1. The van der Waals surface area contributed by atoms with Crippen molar-refractivity contribution in [1.82, 2.24) is 0 Å². The Kier molecular flexibility index (Phi) is 4.62. The number of allylic oxidation sites excluding steroid dienone is 1. The smallest absolute Gasteiger partial charge is 0.185 e. The summed E-state index contributed by atoms with van der Waals surface area (Å²) in [6, 6.07) is 18.9. The molecule has 3 nitrogen and oxygen atoms in total. The number of hydrogen-bond donors (Lipinski definition) is 0. The molecule has 0 amide bonds. The second kappa shape index (κ2) is 7.01. The molecule has 0 aliphatic heterocycles. The summed E-state index contributed by atoms with van der Waals surface area (Å²) in [5, 5.41) is 0. The molecule has 24 heavy (non-hydrogen) atoms. The highest BCUT2D eigenvalue weighted by molar-refractivity contribution is 6.06. The fraction of sp³-hybridized carbons (Fsp3) is 0.0952. The maximum absolute atomic E-state index is 12.2. The van der Waals surface area contributed by atoms with Crippen molar-refractivity contribution in [2.45, 2.75) is 6.92 Å². The van der Waals surface area contributed by atoms with Crippen LogP contribution in [-0.4, -0.2) is 12.9 Å². The summed E-state index contributed by atoms with van der Waals surface area (Å²) in [7, 11) is 1.60. The number of aryl methyl sites for hydroxylation is 1. The number of ketones is 1. The van der Waals surface area contributed by atoms with Gasteiger partial charge in [0.2, 0.25) is 0 Å². The van der Waals surface area contributed by atoms with Crippen LogP contribution in [0.5, 0.6) is 5.75 Å². The summed E-state index contributed by atoms with van der Waals surface area (Å²) in [5.74, 6) is 2.08. The molecule has 3 rings (SSSR count). The fourth-order valence-corrected chi connectivity index (χ4v) is 2.32. The maximum Gasteiger partial charge on any atom is 0.185 e. The first kappa shape index (κ1) is 15.8. The quantitative estimate of drug-likeness (QED) is 0.482. The molecule has 0 atom stereocenters. The Morgan fingerprint density at radius 1 is 0.958 bits per heavy atom. The molecule has 3 heteroatoms. The summed E-state index contributed by atoms with van der Waals surface area (Å²) in [6.07, 6.45) is 3.20. The molecule has 0 fully saturated rings. The lowest BCUT2D eigenvalue weighted by atomic mass is 10.1. The van der Waals surface area contributed by atoms with Crippen LogP contribution in [-0.2, 0) is 0 Å². The second-order valence-corrected chi connectivity index (χ2v) is 5.49. The van der Waals surface area contributed by atoms with Crippen molar-refractivity contribution >= 4 is 11.9 Å². The molecule has 0 spiro atoms. The highest BCUT2D eigenvalue weighted by atomic mass is 16.5. The van der Waals surface area contributed by atoms with Gasteiger partial charge in [-0.05, 0) is 55.5 Å². The van der Waals surface area contributed by atoms with Gasteiger partial charge in [0.25, 0.3) is 0 Å². The Hall–Kier alpha value is -3.07. The Morgan fingerprint density at radius 3 is 2.33 bits per heavy atom. The Labute approximate surface area is 141 Å². The van der Waals surface area contributed by atoms with E-state index in [1.165, 1.54) is 11.6 Å². The number of hydrogen-bond acceptors (Lipinski definition) is 3. The molecular formula is C21H18O3. The topological polar surface area (TPSA) is 39.4 Å². The van der Waals surface area contributed by atoms with E-state index in [4.69, 9.17) is 9.15 Å². The second-order valence-electron chi connectivity index (χ2n) is 5.49. The van der Waals surface area contributed by atoms with Gasteiger partial charge in [0.15, 0.2) is 5.78 Å². The van der Waals surface area contributed by atoms with E-state index >= 15 is 0 Å². The van der Waals surface area contributed by atoms with Gasteiger partial charge in [-0.15, -0.1) is 0 Å². The van der Waals surface area contributed by atoms with Gasteiger partial charge in [-0.2, -0.15) is 0 Å². The molecule has 3 aromatic rings. The van der Waals surface area contributed by atoms with Crippen LogP contribution in [0.1, 0.15) is 21.7 Å². The lowest BCUT2D eigenvalue weighted by Gasteiger charge is -2.00. The SMILES string of the molecule is COc1ccc(C(=O)C=Cc2ccc(-c3ccc(C)cc3)o2)cc1. The molecule has 0 unspecified atom stereocenters. The van der Waals surface area contributed by atoms with Gasteiger partial charge in [-0.3, -0.25) is 4.79 Å². The summed E-state index contributed by atoms with van der Waals surface area (Å²) >= 11 is 0. The number of carbonyl (C=O) groups is 1. The molecule has 0 N–H and O–H groups in total. The molecule has 0 saturated heterocycles. The van der Waals surface area contributed by atoms with E-state index in [0.717, 1.165) is 17.1 Å². The normalized spacial score (nSPS) is 10.9. The van der Waals surface area contributed by atoms with Crippen LogP contribution in [0.4, 0.5) is 0 Å². The zero-order valence-corrected chi connectivity index (χ0v) is 13.7. The average molecular weight is 318 g/mol. The Bertz CT molecular complexity index is 853. The molecule has 0 radical (unpaired) electrons. The van der Waals surface area contributed by atoms with Crippen LogP contribution in [0.15, 0.2) is 71.2 Å². The highest BCUT2D eigenvalue weighted by Crippen LogP contribution is 2.23.